The van der Waals surface area contributed by atoms with Gasteiger partial charge in [-0.3, -0.25) is 9.78 Å². The lowest BCUT2D eigenvalue weighted by molar-refractivity contribution is -0.148. The number of H-pyrrole nitrogens is 1. The summed E-state index contributed by atoms with van der Waals surface area (Å²) in [5, 5.41) is 13.5. The number of nitrogens with one attached hydrogen (secondary N) is 2. The molecule has 2 unspecified atom stereocenters. The van der Waals surface area contributed by atoms with Crippen molar-refractivity contribution in [1.29, 1.82) is 0 Å². The van der Waals surface area contributed by atoms with Crippen molar-refractivity contribution in [3.05, 3.63) is 42.4 Å². The number of rotatable bonds is 4. The van der Waals surface area contributed by atoms with Crippen LogP contribution >= 0.6 is 0 Å². The normalized spacial score (nSPS) is 26.0. The van der Waals surface area contributed by atoms with Gasteiger partial charge in [-0.15, -0.1) is 0 Å². The molecule has 3 aliphatic carbocycles. The maximum absolute atomic E-state index is 14.6. The van der Waals surface area contributed by atoms with Crippen molar-refractivity contribution in [2.24, 2.45) is 17.8 Å². The van der Waals surface area contributed by atoms with Crippen LogP contribution in [0.2, 0.25) is 0 Å². The molecule has 3 aliphatic rings. The molecule has 0 radical (unpaired) electrons. The van der Waals surface area contributed by atoms with Crippen LogP contribution < -0.4 is 5.32 Å². The van der Waals surface area contributed by atoms with Gasteiger partial charge in [-0.05, 0) is 49.7 Å². The Hall–Kier alpha value is -3.03. The fourth-order valence-electron chi connectivity index (χ4n) is 5.08. The van der Waals surface area contributed by atoms with Crippen molar-refractivity contribution in [3.63, 3.8) is 0 Å². The first kappa shape index (κ1) is 18.0. The van der Waals surface area contributed by atoms with Gasteiger partial charge < -0.3 is 15.4 Å². The van der Waals surface area contributed by atoms with Gasteiger partial charge in [0.25, 0.3) is 0 Å². The molecule has 2 atom stereocenters. The van der Waals surface area contributed by atoms with E-state index in [2.05, 4.69) is 20.3 Å². The Morgan fingerprint density at radius 2 is 1.86 bits per heavy atom. The first-order chi connectivity index (χ1) is 14.0. The average Bonchev–Trinajstić information content (AvgIpc) is 3.13. The maximum atomic E-state index is 14.6. The summed E-state index contributed by atoms with van der Waals surface area (Å²) < 4.78 is 28.2. The van der Waals surface area contributed by atoms with Crippen LogP contribution in [-0.2, 0) is 4.79 Å². The molecular weight excluding hydrogens is 378 g/mol. The number of aromatic amines is 1. The molecule has 0 amide bonds. The second-order valence-electron chi connectivity index (χ2n) is 8.01. The number of halogens is 2. The van der Waals surface area contributed by atoms with Gasteiger partial charge in [0.05, 0.1) is 29.7 Å². The van der Waals surface area contributed by atoms with E-state index in [9.17, 15) is 18.7 Å². The van der Waals surface area contributed by atoms with Crippen LogP contribution in [-0.4, -0.2) is 32.1 Å². The minimum Gasteiger partial charge on any atom is -0.481 e. The van der Waals surface area contributed by atoms with E-state index in [1.807, 2.05) is 0 Å². The summed E-state index contributed by atoms with van der Waals surface area (Å²) in [7, 11) is 0. The molecule has 0 aromatic carbocycles. The molecule has 0 saturated heterocycles. The predicted molar refractivity (Wildman–Crippen MR) is 103 cm³/mol. The summed E-state index contributed by atoms with van der Waals surface area (Å²) in [6.07, 6.45) is 7.63. The number of anilines is 1. The van der Waals surface area contributed by atoms with E-state index in [1.54, 1.807) is 12.3 Å². The van der Waals surface area contributed by atoms with E-state index >= 15 is 0 Å². The zero-order valence-corrected chi connectivity index (χ0v) is 15.5. The highest BCUT2D eigenvalue weighted by Gasteiger charge is 2.47. The van der Waals surface area contributed by atoms with E-state index in [4.69, 9.17) is 0 Å². The quantitative estimate of drug-likeness (QED) is 0.613. The lowest BCUT2D eigenvalue weighted by Crippen LogP contribution is -2.51. The number of hydrogen-bond donors (Lipinski definition) is 3. The van der Waals surface area contributed by atoms with Gasteiger partial charge in [0.15, 0.2) is 5.82 Å². The van der Waals surface area contributed by atoms with Gasteiger partial charge in [-0.1, -0.05) is 0 Å². The summed E-state index contributed by atoms with van der Waals surface area (Å²) in [5.74, 6) is -2.02. The van der Waals surface area contributed by atoms with Crippen LogP contribution in [0.1, 0.15) is 25.7 Å². The summed E-state index contributed by atoms with van der Waals surface area (Å²) in [6, 6.07) is 2.60. The lowest BCUT2D eigenvalue weighted by Gasteiger charge is -2.47. The number of fused-ring (bicyclic) bond motifs is 4. The van der Waals surface area contributed by atoms with Crippen molar-refractivity contribution in [2.45, 2.75) is 31.7 Å². The molecule has 0 spiro atoms. The van der Waals surface area contributed by atoms with Crippen LogP contribution in [0.25, 0.3) is 22.3 Å². The number of carbonyl (C=O) groups is 1. The number of nitrogens with zero attached hydrogens (tertiary/aromatic N) is 2. The largest absolute Gasteiger partial charge is 0.481 e. The number of carboxylic acids is 1. The van der Waals surface area contributed by atoms with E-state index in [-0.39, 0.29) is 23.6 Å². The third-order valence-electron chi connectivity index (χ3n) is 6.46. The second kappa shape index (κ2) is 6.79. The molecule has 3 heterocycles. The second-order valence-corrected chi connectivity index (χ2v) is 8.01. The molecule has 150 valence electrons. The smallest absolute Gasteiger partial charge is 0.308 e. The predicted octanol–water partition coefficient (Wildman–Crippen LogP) is 4.20. The summed E-state index contributed by atoms with van der Waals surface area (Å²) in [6.45, 7) is 0. The van der Waals surface area contributed by atoms with E-state index in [0.29, 0.717) is 22.3 Å². The Kier molecular flexibility index (Phi) is 4.22. The summed E-state index contributed by atoms with van der Waals surface area (Å²) >= 11 is 0. The maximum Gasteiger partial charge on any atom is 0.308 e. The van der Waals surface area contributed by atoms with Gasteiger partial charge in [0.2, 0.25) is 0 Å². The highest BCUT2D eigenvalue weighted by Crippen LogP contribution is 2.46. The molecule has 3 saturated carbocycles. The molecule has 6 rings (SSSR count). The molecule has 3 fully saturated rings. The molecule has 3 N–H and O–H groups in total. The van der Waals surface area contributed by atoms with Crippen LogP contribution in [0.5, 0.6) is 0 Å². The van der Waals surface area contributed by atoms with Gasteiger partial charge in [0, 0.05) is 23.2 Å². The monoisotopic (exact) mass is 398 g/mol. The minimum absolute atomic E-state index is 0.127. The molecule has 2 bridgehead atoms. The van der Waals surface area contributed by atoms with Gasteiger partial charge >= 0.3 is 5.97 Å². The van der Waals surface area contributed by atoms with Gasteiger partial charge in [0.1, 0.15) is 11.5 Å². The first-order valence-electron chi connectivity index (χ1n) is 9.79. The van der Waals surface area contributed by atoms with Crippen LogP contribution in [0.15, 0.2) is 30.7 Å². The van der Waals surface area contributed by atoms with Crippen molar-refractivity contribution in [2.75, 3.05) is 5.32 Å². The third kappa shape index (κ3) is 3.03. The Bertz CT molecular complexity index is 1090. The zero-order valence-electron chi connectivity index (χ0n) is 15.5. The molecule has 29 heavy (non-hydrogen) atoms. The summed E-state index contributed by atoms with van der Waals surface area (Å²) in [5.41, 5.74) is 1.80. The van der Waals surface area contributed by atoms with Crippen molar-refractivity contribution in [1.82, 2.24) is 15.0 Å². The molecule has 6 nitrogen and oxygen atoms in total. The van der Waals surface area contributed by atoms with E-state index < -0.39 is 23.5 Å². The van der Waals surface area contributed by atoms with E-state index in [1.165, 1.54) is 6.07 Å². The highest BCUT2D eigenvalue weighted by molar-refractivity contribution is 5.92. The van der Waals surface area contributed by atoms with Crippen LogP contribution in [0, 0.1) is 29.4 Å². The Morgan fingerprint density at radius 1 is 1.10 bits per heavy atom. The Morgan fingerprint density at radius 3 is 2.62 bits per heavy atom. The van der Waals surface area contributed by atoms with Crippen LogP contribution in [0.4, 0.5) is 14.5 Å². The van der Waals surface area contributed by atoms with Crippen molar-refractivity contribution >= 4 is 22.7 Å². The molecular formula is C21H20F2N4O2. The molecule has 0 aliphatic heterocycles. The number of aliphatic carboxylic acids is 1. The average molecular weight is 398 g/mol. The lowest BCUT2D eigenvalue weighted by atomic mass is 9.61. The molecule has 3 aromatic heterocycles. The highest BCUT2D eigenvalue weighted by atomic mass is 19.1. The van der Waals surface area contributed by atoms with Gasteiger partial charge in [-0.25, -0.2) is 13.8 Å². The number of pyridine rings is 2. The number of hydrogen-bond acceptors (Lipinski definition) is 4. The first-order valence-corrected chi connectivity index (χ1v) is 9.79. The molecule has 8 heteroatoms. The van der Waals surface area contributed by atoms with Crippen LogP contribution in [0.3, 0.4) is 0 Å². The summed E-state index contributed by atoms with van der Waals surface area (Å²) in [4.78, 5) is 23.0. The van der Waals surface area contributed by atoms with E-state index in [0.717, 1.165) is 38.1 Å². The topological polar surface area (TPSA) is 90.9 Å². The zero-order chi connectivity index (χ0) is 20.1. The Labute approximate surface area is 165 Å². The SMILES string of the molecule is O=C(O)C1C2CCC(CC2)C1Nc1cc(-c2c[nH]c3ncc(F)cc23)ncc1F. The van der Waals surface area contributed by atoms with Crippen molar-refractivity contribution < 1.29 is 18.7 Å². The molecule has 3 aromatic rings. The van der Waals surface area contributed by atoms with Gasteiger partial charge in [-0.2, -0.15) is 0 Å². The standard InChI is InChI=1S/C21H20F2N4O2/c22-12-5-13-14(8-26-20(13)25-7-12)16-6-17(15(23)9-24-16)27-19-11-3-1-10(2-4-11)18(19)21(28)29/h5-11,18-19H,1-4H2,(H,24,27)(H,25,26)(H,28,29). The van der Waals surface area contributed by atoms with Crippen molar-refractivity contribution in [3.8, 4) is 11.3 Å². The number of carboxylic acid groups (broad SMARTS) is 1. The third-order valence-corrected chi connectivity index (χ3v) is 6.46. The minimum atomic E-state index is -0.829. The number of aromatic nitrogens is 3. The Balaban J connectivity index is 1.51. The fraction of sp³-hybridized carbons (Fsp3) is 0.381. The fourth-order valence-corrected chi connectivity index (χ4v) is 5.08.